The molecule has 3 N–H and O–H groups in total. The molecule has 1 aromatic carbocycles. The Morgan fingerprint density at radius 1 is 1.28 bits per heavy atom. The zero-order valence-corrected chi connectivity index (χ0v) is 11.6. The van der Waals surface area contributed by atoms with Crippen LogP contribution < -0.4 is 5.73 Å². The predicted octanol–water partition coefficient (Wildman–Crippen LogP) is 3.78. The Hall–Kier alpha value is -1.75. The first kappa shape index (κ1) is 11.3. The number of aromatic amines is 1. The first-order valence-corrected chi connectivity index (χ1v) is 6.36. The van der Waals surface area contributed by atoms with Crippen LogP contribution in [0.3, 0.4) is 0 Å². The molecule has 0 atom stereocenters. The number of nitrogen functional groups attached to an aromatic ring is 1. The number of imidazole rings is 1. The Kier molecular flexibility index (Phi) is 2.45. The summed E-state index contributed by atoms with van der Waals surface area (Å²) < 4.78 is 6.45. The lowest BCUT2D eigenvalue weighted by molar-refractivity contribution is 0.505. The fourth-order valence-corrected chi connectivity index (χ4v) is 2.58. The van der Waals surface area contributed by atoms with Gasteiger partial charge in [0.05, 0.1) is 16.8 Å². The third-order valence-electron chi connectivity index (χ3n) is 2.88. The van der Waals surface area contributed by atoms with Gasteiger partial charge < -0.3 is 15.1 Å². The summed E-state index contributed by atoms with van der Waals surface area (Å²) in [5.41, 5.74) is 9.28. The Morgan fingerprint density at radius 3 is 2.72 bits per heavy atom. The number of H-pyrrole nitrogens is 1. The largest absolute Gasteiger partial charge is 0.466 e. The zero-order chi connectivity index (χ0) is 12.9. The van der Waals surface area contributed by atoms with Crippen molar-refractivity contribution in [3.63, 3.8) is 0 Å². The highest BCUT2D eigenvalue weighted by molar-refractivity contribution is 9.10. The van der Waals surface area contributed by atoms with Gasteiger partial charge in [-0.15, -0.1) is 0 Å². The SMILES string of the molecule is Cc1cc(-c2nc3c(N)cc(Br)cc3[nH]2)c(C)o1. The molecule has 0 unspecified atom stereocenters. The minimum atomic E-state index is 0.653. The highest BCUT2D eigenvalue weighted by Gasteiger charge is 2.13. The Bertz CT molecular complexity index is 742. The number of anilines is 1. The number of aromatic nitrogens is 2. The summed E-state index contributed by atoms with van der Waals surface area (Å²) in [4.78, 5) is 7.80. The van der Waals surface area contributed by atoms with Gasteiger partial charge in [0.25, 0.3) is 0 Å². The second-order valence-corrected chi connectivity index (χ2v) is 5.22. The number of benzene rings is 1. The molecule has 0 spiro atoms. The number of fused-ring (bicyclic) bond motifs is 1. The maximum absolute atomic E-state index is 5.96. The third kappa shape index (κ3) is 1.71. The van der Waals surface area contributed by atoms with E-state index in [1.165, 1.54) is 0 Å². The van der Waals surface area contributed by atoms with Crippen LogP contribution in [0.5, 0.6) is 0 Å². The molecule has 92 valence electrons. The van der Waals surface area contributed by atoms with Crippen molar-refractivity contribution in [2.24, 2.45) is 0 Å². The maximum atomic E-state index is 5.96. The van der Waals surface area contributed by atoms with E-state index >= 15 is 0 Å². The van der Waals surface area contributed by atoms with Crippen molar-refractivity contribution in [3.05, 3.63) is 34.2 Å². The van der Waals surface area contributed by atoms with Crippen LogP contribution in [0.2, 0.25) is 0 Å². The van der Waals surface area contributed by atoms with Gasteiger partial charge in [-0.1, -0.05) is 15.9 Å². The van der Waals surface area contributed by atoms with E-state index in [1.54, 1.807) is 0 Å². The molecule has 4 nitrogen and oxygen atoms in total. The molecular weight excluding hydrogens is 294 g/mol. The van der Waals surface area contributed by atoms with E-state index < -0.39 is 0 Å². The summed E-state index contributed by atoms with van der Waals surface area (Å²) in [6.45, 7) is 3.85. The van der Waals surface area contributed by atoms with E-state index in [-0.39, 0.29) is 0 Å². The van der Waals surface area contributed by atoms with Crippen LogP contribution in [0.4, 0.5) is 5.69 Å². The molecule has 0 saturated carbocycles. The Morgan fingerprint density at radius 2 is 2.06 bits per heavy atom. The molecule has 0 saturated heterocycles. The molecule has 0 aliphatic rings. The van der Waals surface area contributed by atoms with Crippen molar-refractivity contribution in [2.45, 2.75) is 13.8 Å². The molecule has 0 radical (unpaired) electrons. The van der Waals surface area contributed by atoms with Crippen molar-refractivity contribution in [3.8, 4) is 11.4 Å². The van der Waals surface area contributed by atoms with Gasteiger partial charge in [-0.2, -0.15) is 0 Å². The quantitative estimate of drug-likeness (QED) is 0.672. The maximum Gasteiger partial charge on any atom is 0.142 e. The van der Waals surface area contributed by atoms with Crippen LogP contribution in [0.25, 0.3) is 22.4 Å². The molecule has 0 aliphatic heterocycles. The lowest BCUT2D eigenvalue weighted by Gasteiger charge is -1.94. The summed E-state index contributed by atoms with van der Waals surface area (Å²) in [5, 5.41) is 0. The fourth-order valence-electron chi connectivity index (χ4n) is 2.10. The van der Waals surface area contributed by atoms with Crippen molar-refractivity contribution in [2.75, 3.05) is 5.73 Å². The van der Waals surface area contributed by atoms with Crippen molar-refractivity contribution in [1.82, 2.24) is 9.97 Å². The molecule has 3 rings (SSSR count). The fraction of sp³-hybridized carbons (Fsp3) is 0.154. The molecule has 0 fully saturated rings. The average molecular weight is 306 g/mol. The summed E-state index contributed by atoms with van der Waals surface area (Å²) >= 11 is 3.42. The van der Waals surface area contributed by atoms with Crippen LogP contribution >= 0.6 is 15.9 Å². The number of nitrogens with zero attached hydrogens (tertiary/aromatic N) is 1. The number of nitrogens with two attached hydrogens (primary N) is 1. The van der Waals surface area contributed by atoms with Crippen LogP contribution in [-0.2, 0) is 0 Å². The number of furan rings is 1. The van der Waals surface area contributed by atoms with Gasteiger partial charge in [-0.05, 0) is 32.0 Å². The molecule has 0 aliphatic carbocycles. The molecular formula is C13H12BrN3O. The summed E-state index contributed by atoms with van der Waals surface area (Å²) in [7, 11) is 0. The Balaban J connectivity index is 2.25. The number of aryl methyl sites for hydroxylation is 2. The number of hydrogen-bond acceptors (Lipinski definition) is 3. The monoisotopic (exact) mass is 305 g/mol. The molecule has 0 amide bonds. The van der Waals surface area contributed by atoms with Crippen molar-refractivity contribution < 1.29 is 4.42 Å². The number of rotatable bonds is 1. The second kappa shape index (κ2) is 3.88. The number of hydrogen-bond donors (Lipinski definition) is 2. The summed E-state index contributed by atoms with van der Waals surface area (Å²) in [6.07, 6.45) is 0. The molecule has 18 heavy (non-hydrogen) atoms. The van der Waals surface area contributed by atoms with Gasteiger partial charge in [0.2, 0.25) is 0 Å². The van der Waals surface area contributed by atoms with E-state index in [0.29, 0.717) is 5.69 Å². The van der Waals surface area contributed by atoms with Crippen LogP contribution in [-0.4, -0.2) is 9.97 Å². The highest BCUT2D eigenvalue weighted by Crippen LogP contribution is 2.30. The van der Waals surface area contributed by atoms with Crippen LogP contribution in [0.1, 0.15) is 11.5 Å². The normalized spacial score (nSPS) is 11.3. The number of nitrogens with one attached hydrogen (secondary N) is 1. The van der Waals surface area contributed by atoms with E-state index in [4.69, 9.17) is 10.2 Å². The highest BCUT2D eigenvalue weighted by atomic mass is 79.9. The molecule has 3 aromatic rings. The lowest BCUT2D eigenvalue weighted by Crippen LogP contribution is -1.86. The smallest absolute Gasteiger partial charge is 0.142 e. The van der Waals surface area contributed by atoms with Gasteiger partial charge in [0.15, 0.2) is 0 Å². The van der Waals surface area contributed by atoms with Crippen molar-refractivity contribution in [1.29, 1.82) is 0 Å². The molecule has 2 heterocycles. The van der Waals surface area contributed by atoms with Crippen molar-refractivity contribution >= 4 is 32.7 Å². The van der Waals surface area contributed by atoms with Gasteiger partial charge >= 0.3 is 0 Å². The zero-order valence-electron chi connectivity index (χ0n) is 10.0. The van der Waals surface area contributed by atoms with Crippen LogP contribution in [0, 0.1) is 13.8 Å². The van der Waals surface area contributed by atoms with Gasteiger partial charge in [-0.25, -0.2) is 4.98 Å². The van der Waals surface area contributed by atoms with Crippen LogP contribution in [0.15, 0.2) is 27.1 Å². The average Bonchev–Trinajstić information content (AvgIpc) is 2.81. The molecule has 2 aromatic heterocycles. The van der Waals surface area contributed by atoms with E-state index in [2.05, 4.69) is 25.9 Å². The van der Waals surface area contributed by atoms with Gasteiger partial charge in [-0.3, -0.25) is 0 Å². The number of halogens is 1. The lowest BCUT2D eigenvalue weighted by atomic mass is 10.2. The summed E-state index contributed by atoms with van der Waals surface area (Å²) in [5.74, 6) is 2.51. The predicted molar refractivity (Wildman–Crippen MR) is 75.4 cm³/mol. The van der Waals surface area contributed by atoms with Gasteiger partial charge in [0, 0.05) is 4.47 Å². The minimum absolute atomic E-state index is 0.653. The van der Waals surface area contributed by atoms with Gasteiger partial charge in [0.1, 0.15) is 22.9 Å². The standard InChI is InChI=1S/C13H12BrN3O/c1-6-3-9(7(2)18-6)13-16-11-5-8(14)4-10(15)12(11)17-13/h3-5H,15H2,1-2H3,(H,16,17). The molecule has 0 bridgehead atoms. The molecule has 5 heteroatoms. The van der Waals surface area contributed by atoms with E-state index in [9.17, 15) is 0 Å². The minimum Gasteiger partial charge on any atom is -0.466 e. The first-order valence-electron chi connectivity index (χ1n) is 5.57. The summed E-state index contributed by atoms with van der Waals surface area (Å²) in [6, 6.07) is 5.78. The Labute approximate surface area is 112 Å². The van der Waals surface area contributed by atoms with E-state index in [1.807, 2.05) is 32.0 Å². The second-order valence-electron chi connectivity index (χ2n) is 4.30. The topological polar surface area (TPSA) is 67.8 Å². The van der Waals surface area contributed by atoms with E-state index in [0.717, 1.165) is 38.4 Å². The third-order valence-corrected chi connectivity index (χ3v) is 3.33. The first-order chi connectivity index (χ1) is 8.54.